The summed E-state index contributed by atoms with van der Waals surface area (Å²) in [5.41, 5.74) is 0. The van der Waals surface area contributed by atoms with Gasteiger partial charge in [-0.05, 0) is 25.7 Å². The van der Waals surface area contributed by atoms with Gasteiger partial charge in [0.15, 0.2) is 0 Å². The van der Waals surface area contributed by atoms with Crippen molar-refractivity contribution in [1.29, 1.82) is 0 Å². The van der Waals surface area contributed by atoms with E-state index in [0.717, 1.165) is 12.8 Å². The van der Waals surface area contributed by atoms with E-state index in [-0.39, 0.29) is 0 Å². The Balaban J connectivity index is 2.42. The summed E-state index contributed by atoms with van der Waals surface area (Å²) in [6, 6.07) is 0. The summed E-state index contributed by atoms with van der Waals surface area (Å²) < 4.78 is 0. The second-order valence-electron chi connectivity index (χ2n) is 2.87. The summed E-state index contributed by atoms with van der Waals surface area (Å²) in [4.78, 5) is 0. The standard InChI is InChI=1S/C12H16/c1-2-4-6-8-10-12-11-9-7-5-3-1/h1-6,11-12H,7-10H2/b2-1?,5-3-,6-4?,12-11+. The smallest absolute Gasteiger partial charge is 0.0313 e. The van der Waals surface area contributed by atoms with Gasteiger partial charge < -0.3 is 0 Å². The van der Waals surface area contributed by atoms with E-state index in [1.54, 1.807) is 0 Å². The van der Waals surface area contributed by atoms with Gasteiger partial charge in [-0.25, -0.2) is 0 Å². The third-order valence-corrected chi connectivity index (χ3v) is 1.77. The summed E-state index contributed by atoms with van der Waals surface area (Å²) >= 11 is 0. The maximum Gasteiger partial charge on any atom is -0.0313 e. The molecule has 1 aliphatic carbocycles. The molecule has 0 amide bonds. The van der Waals surface area contributed by atoms with Crippen LogP contribution in [-0.4, -0.2) is 0 Å². The van der Waals surface area contributed by atoms with Crippen LogP contribution in [0.1, 0.15) is 25.7 Å². The molecular weight excluding hydrogens is 144 g/mol. The van der Waals surface area contributed by atoms with Crippen molar-refractivity contribution < 1.29 is 0 Å². The van der Waals surface area contributed by atoms with Crippen LogP contribution in [0.4, 0.5) is 0 Å². The van der Waals surface area contributed by atoms with E-state index in [2.05, 4.69) is 48.6 Å². The molecule has 0 radical (unpaired) electrons. The zero-order valence-corrected chi connectivity index (χ0v) is 7.45. The highest BCUT2D eigenvalue weighted by Gasteiger charge is 1.78. The summed E-state index contributed by atoms with van der Waals surface area (Å²) in [6.45, 7) is 0. The largest absolute Gasteiger partial charge is 0.0882 e. The van der Waals surface area contributed by atoms with Crippen LogP contribution in [0.2, 0.25) is 0 Å². The van der Waals surface area contributed by atoms with E-state index in [4.69, 9.17) is 0 Å². The molecule has 0 aromatic heterocycles. The Labute approximate surface area is 75.0 Å². The van der Waals surface area contributed by atoms with Crippen LogP contribution in [0, 0.1) is 0 Å². The lowest BCUT2D eigenvalue weighted by molar-refractivity contribution is 1.00. The fraction of sp³-hybridized carbons (Fsp3) is 0.333. The van der Waals surface area contributed by atoms with Crippen LogP contribution in [0.25, 0.3) is 0 Å². The molecule has 1 rings (SSSR count). The molecule has 0 heterocycles. The Kier molecular flexibility index (Phi) is 5.02. The molecule has 64 valence electrons. The van der Waals surface area contributed by atoms with Gasteiger partial charge in [0.05, 0.1) is 0 Å². The zero-order chi connectivity index (χ0) is 8.49. The number of rotatable bonds is 0. The monoisotopic (exact) mass is 160 g/mol. The minimum atomic E-state index is 1.16. The predicted molar refractivity (Wildman–Crippen MR) is 55.0 cm³/mol. The molecule has 0 atom stereocenters. The number of hydrogen-bond acceptors (Lipinski definition) is 0. The van der Waals surface area contributed by atoms with Crippen molar-refractivity contribution in [2.75, 3.05) is 0 Å². The second kappa shape index (κ2) is 6.66. The summed E-state index contributed by atoms with van der Waals surface area (Å²) in [6.07, 6.45) is 22.0. The van der Waals surface area contributed by atoms with Gasteiger partial charge in [-0.15, -0.1) is 0 Å². The summed E-state index contributed by atoms with van der Waals surface area (Å²) in [5.74, 6) is 0. The van der Waals surface area contributed by atoms with Gasteiger partial charge in [0.25, 0.3) is 0 Å². The Hall–Kier alpha value is -1.04. The average molecular weight is 160 g/mol. The third kappa shape index (κ3) is 4.73. The first-order valence-corrected chi connectivity index (χ1v) is 4.63. The van der Waals surface area contributed by atoms with Crippen molar-refractivity contribution in [3.8, 4) is 0 Å². The summed E-state index contributed by atoms with van der Waals surface area (Å²) in [5, 5.41) is 0. The van der Waals surface area contributed by atoms with Gasteiger partial charge in [0, 0.05) is 0 Å². The highest BCUT2D eigenvalue weighted by Crippen LogP contribution is 1.99. The molecule has 1 aliphatic rings. The predicted octanol–water partition coefficient (Wildman–Crippen LogP) is 3.79. The molecule has 0 N–H and O–H groups in total. The van der Waals surface area contributed by atoms with Crippen LogP contribution < -0.4 is 0 Å². The summed E-state index contributed by atoms with van der Waals surface area (Å²) in [7, 11) is 0. The molecule has 0 fully saturated rings. The van der Waals surface area contributed by atoms with Gasteiger partial charge in [0.1, 0.15) is 0 Å². The Morgan fingerprint density at radius 3 is 1.33 bits per heavy atom. The molecule has 0 aromatic rings. The first kappa shape index (κ1) is 9.05. The van der Waals surface area contributed by atoms with E-state index >= 15 is 0 Å². The number of allylic oxidation sites excluding steroid dienone is 8. The molecule has 0 aromatic carbocycles. The van der Waals surface area contributed by atoms with Crippen molar-refractivity contribution in [2.45, 2.75) is 25.7 Å². The third-order valence-electron chi connectivity index (χ3n) is 1.77. The van der Waals surface area contributed by atoms with E-state index in [9.17, 15) is 0 Å². The lowest BCUT2D eigenvalue weighted by Gasteiger charge is -1.89. The Morgan fingerprint density at radius 1 is 0.417 bits per heavy atom. The molecule has 0 saturated heterocycles. The minimum Gasteiger partial charge on any atom is -0.0882 e. The Morgan fingerprint density at radius 2 is 0.833 bits per heavy atom. The molecule has 0 saturated carbocycles. The van der Waals surface area contributed by atoms with Crippen LogP contribution in [0.5, 0.6) is 0 Å². The minimum absolute atomic E-state index is 1.16. The lowest BCUT2D eigenvalue weighted by Crippen LogP contribution is -1.68. The van der Waals surface area contributed by atoms with Crippen molar-refractivity contribution in [2.24, 2.45) is 0 Å². The van der Waals surface area contributed by atoms with Gasteiger partial charge in [-0.1, -0.05) is 48.6 Å². The molecule has 0 nitrogen and oxygen atoms in total. The average Bonchev–Trinajstić information content (AvgIpc) is 2.05. The molecule has 0 unspecified atom stereocenters. The molecule has 0 heteroatoms. The van der Waals surface area contributed by atoms with Crippen LogP contribution >= 0.6 is 0 Å². The second-order valence-corrected chi connectivity index (χ2v) is 2.87. The van der Waals surface area contributed by atoms with Crippen LogP contribution in [0.3, 0.4) is 0 Å². The quantitative estimate of drug-likeness (QED) is 0.473. The maximum absolute atomic E-state index is 2.27. The topological polar surface area (TPSA) is 0 Å². The van der Waals surface area contributed by atoms with E-state index < -0.39 is 0 Å². The van der Waals surface area contributed by atoms with Crippen molar-refractivity contribution in [3.05, 3.63) is 48.6 Å². The van der Waals surface area contributed by atoms with E-state index in [1.807, 2.05) is 0 Å². The molecular formula is C12H16. The normalized spacial score (nSPS) is 24.0. The van der Waals surface area contributed by atoms with Crippen LogP contribution in [0.15, 0.2) is 48.6 Å². The highest BCUT2D eigenvalue weighted by molar-refractivity contribution is 5.11. The zero-order valence-electron chi connectivity index (χ0n) is 7.45. The molecule has 0 bridgehead atoms. The fourth-order valence-corrected chi connectivity index (χ4v) is 1.10. The molecule has 0 spiro atoms. The molecule has 0 aliphatic heterocycles. The van der Waals surface area contributed by atoms with E-state index in [0.29, 0.717) is 0 Å². The lowest BCUT2D eigenvalue weighted by atomic mass is 10.2. The highest BCUT2D eigenvalue weighted by atomic mass is 13.9. The van der Waals surface area contributed by atoms with Crippen molar-refractivity contribution in [1.82, 2.24) is 0 Å². The van der Waals surface area contributed by atoms with Crippen molar-refractivity contribution >= 4 is 0 Å². The first-order chi connectivity index (χ1) is 6.00. The van der Waals surface area contributed by atoms with Gasteiger partial charge in [-0.3, -0.25) is 0 Å². The SMILES string of the molecule is C1=C/C=C\CC/C=C/CCC=C1. The van der Waals surface area contributed by atoms with Gasteiger partial charge in [-0.2, -0.15) is 0 Å². The number of hydrogen-bond donors (Lipinski definition) is 0. The van der Waals surface area contributed by atoms with Gasteiger partial charge >= 0.3 is 0 Å². The fourth-order valence-electron chi connectivity index (χ4n) is 1.10. The Bertz CT molecular complexity index is 182. The van der Waals surface area contributed by atoms with Crippen molar-refractivity contribution in [3.63, 3.8) is 0 Å². The van der Waals surface area contributed by atoms with Crippen LogP contribution in [-0.2, 0) is 0 Å². The molecule has 12 heavy (non-hydrogen) atoms. The maximum atomic E-state index is 2.27. The van der Waals surface area contributed by atoms with E-state index in [1.165, 1.54) is 12.8 Å². The first-order valence-electron chi connectivity index (χ1n) is 4.63. The van der Waals surface area contributed by atoms with Gasteiger partial charge in [0.2, 0.25) is 0 Å².